The number of rotatable bonds is 11. The average molecular weight is 293 g/mol. The van der Waals surface area contributed by atoms with E-state index in [4.69, 9.17) is 4.74 Å². The lowest BCUT2D eigenvalue weighted by Crippen LogP contribution is -2.19. The molecule has 1 N–H and O–H groups in total. The fourth-order valence-electron chi connectivity index (χ4n) is 2.13. The van der Waals surface area contributed by atoms with Crippen LogP contribution in [0.15, 0.2) is 30.9 Å². The Labute approximate surface area is 128 Å². The van der Waals surface area contributed by atoms with Crippen molar-refractivity contribution in [1.29, 1.82) is 0 Å². The van der Waals surface area contributed by atoms with Gasteiger partial charge in [-0.1, -0.05) is 19.1 Å². The Morgan fingerprint density at radius 2 is 2.14 bits per heavy atom. The third-order valence-corrected chi connectivity index (χ3v) is 3.47. The summed E-state index contributed by atoms with van der Waals surface area (Å²) in [6.07, 6.45) is 7.18. The van der Waals surface area contributed by atoms with Crippen LogP contribution in [-0.4, -0.2) is 13.2 Å². The molecule has 1 atom stereocenters. The highest BCUT2D eigenvalue weighted by molar-refractivity contribution is 5.30. The zero-order chi connectivity index (χ0) is 15.5. The molecular weight excluding hydrogens is 265 g/mol. The van der Waals surface area contributed by atoms with E-state index in [1.165, 1.54) is 0 Å². The van der Waals surface area contributed by atoms with Crippen molar-refractivity contribution >= 4 is 0 Å². The minimum Gasteiger partial charge on any atom is -0.491 e. The van der Waals surface area contributed by atoms with Crippen LogP contribution in [0.25, 0.3) is 0 Å². The predicted molar refractivity (Wildman–Crippen MR) is 87.3 cm³/mol. The van der Waals surface area contributed by atoms with Crippen molar-refractivity contribution < 1.29 is 9.13 Å². The third-order valence-electron chi connectivity index (χ3n) is 3.47. The zero-order valence-electron chi connectivity index (χ0n) is 13.3. The molecular formula is C18H28FNO. The number of nitrogens with one attached hydrogen (secondary N) is 1. The Kier molecular flexibility index (Phi) is 8.76. The van der Waals surface area contributed by atoms with Crippen LogP contribution in [-0.2, 0) is 0 Å². The summed E-state index contributed by atoms with van der Waals surface area (Å²) in [6, 6.07) is 5.40. The van der Waals surface area contributed by atoms with Gasteiger partial charge in [-0.3, -0.25) is 0 Å². The van der Waals surface area contributed by atoms with Crippen LogP contribution in [0.5, 0.6) is 5.75 Å². The van der Waals surface area contributed by atoms with Crippen LogP contribution >= 0.6 is 0 Å². The summed E-state index contributed by atoms with van der Waals surface area (Å²) in [7, 11) is 0. The third kappa shape index (κ3) is 6.76. The van der Waals surface area contributed by atoms with E-state index in [-0.39, 0.29) is 11.9 Å². The van der Waals surface area contributed by atoms with Crippen molar-refractivity contribution in [3.63, 3.8) is 0 Å². The highest BCUT2D eigenvalue weighted by atomic mass is 19.1. The lowest BCUT2D eigenvalue weighted by atomic mass is 10.1. The lowest BCUT2D eigenvalue weighted by Gasteiger charge is -2.15. The molecule has 0 heterocycles. The van der Waals surface area contributed by atoms with Crippen molar-refractivity contribution in [1.82, 2.24) is 5.32 Å². The number of hydrogen-bond donors (Lipinski definition) is 1. The molecule has 0 radical (unpaired) electrons. The van der Waals surface area contributed by atoms with Gasteiger partial charge in [0.05, 0.1) is 6.61 Å². The van der Waals surface area contributed by atoms with E-state index >= 15 is 0 Å². The summed E-state index contributed by atoms with van der Waals surface area (Å²) < 4.78 is 19.5. The van der Waals surface area contributed by atoms with Gasteiger partial charge in [0.25, 0.3) is 0 Å². The van der Waals surface area contributed by atoms with E-state index in [1.54, 1.807) is 12.1 Å². The maximum Gasteiger partial charge on any atom is 0.165 e. The van der Waals surface area contributed by atoms with Crippen LogP contribution in [0.4, 0.5) is 4.39 Å². The summed E-state index contributed by atoms with van der Waals surface area (Å²) in [5.74, 6) is 0.0777. The topological polar surface area (TPSA) is 21.3 Å². The first-order chi connectivity index (χ1) is 10.2. The van der Waals surface area contributed by atoms with Crippen molar-refractivity contribution in [3.05, 3.63) is 42.2 Å². The van der Waals surface area contributed by atoms with E-state index in [2.05, 4.69) is 18.8 Å². The van der Waals surface area contributed by atoms with Gasteiger partial charge in [-0.05, 0) is 63.3 Å². The Hall–Kier alpha value is -1.35. The van der Waals surface area contributed by atoms with Gasteiger partial charge in [-0.15, -0.1) is 6.58 Å². The van der Waals surface area contributed by atoms with Gasteiger partial charge in [0.2, 0.25) is 0 Å². The van der Waals surface area contributed by atoms with Gasteiger partial charge in [0, 0.05) is 6.04 Å². The Balaban J connectivity index is 2.41. The van der Waals surface area contributed by atoms with Crippen molar-refractivity contribution in [3.8, 4) is 5.75 Å². The standard InChI is InChI=1S/C18H28FNO/c1-4-6-7-8-9-13-21-18-11-10-16(14-17(18)19)15(3)20-12-5-2/h4,10-11,14-15,20H,1,5-9,12-13H2,2-3H3. The Morgan fingerprint density at radius 1 is 1.33 bits per heavy atom. The molecule has 3 heteroatoms. The molecule has 0 aromatic heterocycles. The van der Waals surface area contributed by atoms with Gasteiger partial charge >= 0.3 is 0 Å². The second-order valence-electron chi connectivity index (χ2n) is 5.35. The summed E-state index contributed by atoms with van der Waals surface area (Å²) in [6.45, 7) is 9.36. The maximum atomic E-state index is 14.0. The maximum absolute atomic E-state index is 14.0. The molecule has 0 fully saturated rings. The molecule has 0 saturated carbocycles. The van der Waals surface area contributed by atoms with Crippen LogP contribution in [0.1, 0.15) is 57.6 Å². The highest BCUT2D eigenvalue weighted by Gasteiger charge is 2.09. The number of hydrogen-bond acceptors (Lipinski definition) is 2. The molecule has 1 aromatic rings. The first-order valence-corrected chi connectivity index (χ1v) is 7.95. The fourth-order valence-corrected chi connectivity index (χ4v) is 2.13. The Bertz CT molecular complexity index is 420. The summed E-state index contributed by atoms with van der Waals surface area (Å²) in [5.41, 5.74) is 0.958. The predicted octanol–water partition coefficient (Wildman–Crippen LogP) is 5.01. The second-order valence-corrected chi connectivity index (χ2v) is 5.35. The van der Waals surface area contributed by atoms with Crippen molar-refractivity contribution in [2.24, 2.45) is 0 Å². The molecule has 0 bridgehead atoms. The van der Waals surface area contributed by atoms with Crippen LogP contribution in [0.3, 0.4) is 0 Å². The van der Waals surface area contributed by atoms with Crippen LogP contribution in [0, 0.1) is 5.82 Å². The quantitative estimate of drug-likeness (QED) is 0.457. The number of unbranched alkanes of at least 4 members (excludes halogenated alkanes) is 3. The molecule has 118 valence electrons. The first kappa shape index (κ1) is 17.7. The Morgan fingerprint density at radius 3 is 2.81 bits per heavy atom. The summed E-state index contributed by atoms with van der Waals surface area (Å²) in [5, 5.41) is 3.35. The van der Waals surface area contributed by atoms with E-state index in [1.807, 2.05) is 19.1 Å². The lowest BCUT2D eigenvalue weighted by molar-refractivity contribution is 0.290. The second kappa shape index (κ2) is 10.4. The van der Waals surface area contributed by atoms with Gasteiger partial charge in [-0.25, -0.2) is 4.39 Å². The van der Waals surface area contributed by atoms with Gasteiger partial charge in [0.15, 0.2) is 11.6 Å². The minimum atomic E-state index is -0.274. The molecule has 0 aliphatic carbocycles. The molecule has 0 saturated heterocycles. The van der Waals surface area contributed by atoms with Crippen molar-refractivity contribution in [2.45, 2.75) is 52.0 Å². The van der Waals surface area contributed by atoms with E-state index in [0.29, 0.717) is 12.4 Å². The molecule has 0 spiro atoms. The SMILES string of the molecule is C=CCCCCCOc1ccc(C(C)NCCC)cc1F. The monoisotopic (exact) mass is 293 g/mol. The molecule has 0 amide bonds. The van der Waals surface area contributed by atoms with E-state index in [0.717, 1.165) is 44.2 Å². The van der Waals surface area contributed by atoms with Crippen LogP contribution < -0.4 is 10.1 Å². The van der Waals surface area contributed by atoms with Gasteiger partial charge in [0.1, 0.15) is 0 Å². The first-order valence-electron chi connectivity index (χ1n) is 7.95. The molecule has 0 aliphatic heterocycles. The number of ether oxygens (including phenoxy) is 1. The average Bonchev–Trinajstić information content (AvgIpc) is 2.49. The number of halogens is 1. The summed E-state index contributed by atoms with van der Waals surface area (Å²) in [4.78, 5) is 0. The molecule has 0 aliphatic rings. The van der Waals surface area contributed by atoms with Gasteiger partial charge in [-0.2, -0.15) is 0 Å². The van der Waals surface area contributed by atoms with Crippen molar-refractivity contribution in [2.75, 3.05) is 13.2 Å². The molecule has 1 unspecified atom stereocenters. The zero-order valence-corrected chi connectivity index (χ0v) is 13.3. The molecule has 1 aromatic carbocycles. The number of allylic oxidation sites excluding steroid dienone is 1. The van der Waals surface area contributed by atoms with E-state index in [9.17, 15) is 4.39 Å². The van der Waals surface area contributed by atoms with Crippen LogP contribution in [0.2, 0.25) is 0 Å². The normalized spacial score (nSPS) is 12.1. The number of benzene rings is 1. The smallest absolute Gasteiger partial charge is 0.165 e. The molecule has 1 rings (SSSR count). The minimum absolute atomic E-state index is 0.160. The summed E-state index contributed by atoms with van der Waals surface area (Å²) >= 11 is 0. The molecule has 21 heavy (non-hydrogen) atoms. The van der Waals surface area contributed by atoms with E-state index < -0.39 is 0 Å². The largest absolute Gasteiger partial charge is 0.491 e. The fraction of sp³-hybridized carbons (Fsp3) is 0.556. The van der Waals surface area contributed by atoms with Gasteiger partial charge < -0.3 is 10.1 Å². The molecule has 2 nitrogen and oxygen atoms in total. The highest BCUT2D eigenvalue weighted by Crippen LogP contribution is 2.22.